The Hall–Kier alpha value is -3.26. The minimum atomic E-state index is -0.430. The highest BCUT2D eigenvalue weighted by Crippen LogP contribution is 2.36. The van der Waals surface area contributed by atoms with Crippen LogP contribution in [-0.2, 0) is 11.8 Å². The van der Waals surface area contributed by atoms with Gasteiger partial charge in [-0.1, -0.05) is 5.57 Å². The maximum absolute atomic E-state index is 13.7. The maximum Gasteiger partial charge on any atom is 0.254 e. The standard InChI is InChI=1S/C31H44N6O2/c1-9-37(25-12-10-24(11-13-25)35(6)7)29-16-23(28-18-33-36(8)22(28)5)15-26(21(29)4)30(38)32-17-27-19(2)14-20(3)34-31(27)39/h14-16,18,24-25,27H,9-13,17H2,1-8H3,(H,32,38). The van der Waals surface area contributed by atoms with Gasteiger partial charge in [-0.2, -0.15) is 5.10 Å². The number of rotatable bonds is 8. The van der Waals surface area contributed by atoms with E-state index in [0.717, 1.165) is 53.0 Å². The number of amides is 2. The number of hydrogen-bond acceptors (Lipinski definition) is 5. The van der Waals surface area contributed by atoms with Crippen molar-refractivity contribution in [1.82, 2.24) is 20.0 Å². The van der Waals surface area contributed by atoms with Crippen LogP contribution in [0.1, 0.15) is 68.1 Å². The van der Waals surface area contributed by atoms with Gasteiger partial charge >= 0.3 is 0 Å². The van der Waals surface area contributed by atoms with Crippen LogP contribution in [0.15, 0.2) is 35.0 Å². The van der Waals surface area contributed by atoms with Crippen molar-refractivity contribution in [2.45, 2.75) is 72.4 Å². The molecule has 1 aromatic carbocycles. The summed E-state index contributed by atoms with van der Waals surface area (Å²) >= 11 is 0. The van der Waals surface area contributed by atoms with Gasteiger partial charge in [0.1, 0.15) is 0 Å². The Morgan fingerprint density at radius 3 is 2.31 bits per heavy atom. The fourth-order valence-corrected chi connectivity index (χ4v) is 6.13. The SMILES string of the molecule is CCN(c1cc(-c2cnn(C)c2C)cc(C(=O)NCC2C(=O)N=C(C)C=C2C)c1C)C1CCC(N(C)C)CC1. The first-order valence-corrected chi connectivity index (χ1v) is 14.1. The van der Waals surface area contributed by atoms with Crippen LogP contribution in [0.25, 0.3) is 11.1 Å². The largest absolute Gasteiger partial charge is 0.369 e. The maximum atomic E-state index is 13.7. The summed E-state index contributed by atoms with van der Waals surface area (Å²) in [5.41, 5.74) is 7.38. The first-order chi connectivity index (χ1) is 18.5. The van der Waals surface area contributed by atoms with Crippen LogP contribution in [-0.4, -0.2) is 71.5 Å². The molecule has 2 aliphatic rings. The molecule has 2 amide bonds. The molecule has 0 radical (unpaired) electrons. The number of nitrogens with one attached hydrogen (secondary N) is 1. The lowest BCUT2D eigenvalue weighted by atomic mass is 9.88. The number of benzene rings is 1. The van der Waals surface area contributed by atoms with Gasteiger partial charge in [0.25, 0.3) is 11.8 Å². The molecule has 1 unspecified atom stereocenters. The molecule has 8 heteroatoms. The van der Waals surface area contributed by atoms with Crippen LogP contribution < -0.4 is 10.2 Å². The highest BCUT2D eigenvalue weighted by molar-refractivity contribution is 6.06. The number of hydrogen-bond donors (Lipinski definition) is 1. The number of dihydropyridines is 1. The van der Waals surface area contributed by atoms with Gasteiger partial charge in [-0.05, 0) is 104 Å². The van der Waals surface area contributed by atoms with E-state index < -0.39 is 5.92 Å². The second-order valence-electron chi connectivity index (χ2n) is 11.4. The second-order valence-corrected chi connectivity index (χ2v) is 11.4. The van der Waals surface area contributed by atoms with Gasteiger partial charge in [0.05, 0.1) is 12.1 Å². The van der Waals surface area contributed by atoms with Crippen molar-refractivity contribution in [3.05, 3.63) is 46.8 Å². The average molecular weight is 533 g/mol. The molecule has 1 aromatic heterocycles. The van der Waals surface area contributed by atoms with E-state index in [0.29, 0.717) is 23.4 Å². The molecule has 2 aromatic rings. The van der Waals surface area contributed by atoms with E-state index in [2.05, 4.69) is 52.3 Å². The van der Waals surface area contributed by atoms with Gasteiger partial charge in [-0.15, -0.1) is 0 Å². The summed E-state index contributed by atoms with van der Waals surface area (Å²) in [7, 11) is 6.27. The Labute approximate surface area is 233 Å². The predicted octanol–water partition coefficient (Wildman–Crippen LogP) is 4.70. The summed E-state index contributed by atoms with van der Waals surface area (Å²) in [4.78, 5) is 35.2. The van der Waals surface area contributed by atoms with E-state index >= 15 is 0 Å². The summed E-state index contributed by atoms with van der Waals surface area (Å²) in [5.74, 6) is -0.799. The number of aromatic nitrogens is 2. The van der Waals surface area contributed by atoms with E-state index in [1.54, 1.807) is 0 Å². The zero-order chi connectivity index (χ0) is 28.4. The third-order valence-corrected chi connectivity index (χ3v) is 8.70. The molecule has 210 valence electrons. The van der Waals surface area contributed by atoms with Crippen LogP contribution in [0.3, 0.4) is 0 Å². The molecule has 1 aliphatic carbocycles. The molecule has 1 fully saturated rings. The molecular weight excluding hydrogens is 488 g/mol. The molecule has 1 saturated carbocycles. The third kappa shape index (κ3) is 6.01. The Bertz CT molecular complexity index is 1300. The smallest absolute Gasteiger partial charge is 0.254 e. The van der Waals surface area contributed by atoms with Crippen molar-refractivity contribution in [2.75, 3.05) is 32.1 Å². The van der Waals surface area contributed by atoms with Gasteiger partial charge in [-0.25, -0.2) is 4.99 Å². The van der Waals surface area contributed by atoms with Gasteiger partial charge in [0.15, 0.2) is 0 Å². The molecule has 1 aliphatic heterocycles. The topological polar surface area (TPSA) is 82.8 Å². The number of aliphatic imine (C=N–C) groups is 1. The summed E-state index contributed by atoms with van der Waals surface area (Å²) in [6, 6.07) is 5.26. The predicted molar refractivity (Wildman–Crippen MR) is 159 cm³/mol. The normalized spacial score (nSPS) is 21.6. The summed E-state index contributed by atoms with van der Waals surface area (Å²) in [6.45, 7) is 11.1. The van der Waals surface area contributed by atoms with E-state index in [1.165, 1.54) is 12.8 Å². The van der Waals surface area contributed by atoms with E-state index in [9.17, 15) is 9.59 Å². The Morgan fingerprint density at radius 2 is 1.74 bits per heavy atom. The minimum Gasteiger partial charge on any atom is -0.369 e. The van der Waals surface area contributed by atoms with Crippen LogP contribution >= 0.6 is 0 Å². The van der Waals surface area contributed by atoms with Crippen molar-refractivity contribution in [3.8, 4) is 11.1 Å². The highest BCUT2D eigenvalue weighted by atomic mass is 16.2. The molecule has 1 atom stereocenters. The first-order valence-electron chi connectivity index (χ1n) is 14.1. The van der Waals surface area contributed by atoms with Crippen molar-refractivity contribution >= 4 is 23.2 Å². The minimum absolute atomic E-state index is 0.170. The zero-order valence-corrected chi connectivity index (χ0v) is 24.8. The Kier molecular flexibility index (Phi) is 8.74. The van der Waals surface area contributed by atoms with Crippen LogP contribution in [0.4, 0.5) is 5.69 Å². The number of carbonyl (C=O) groups is 2. The van der Waals surface area contributed by atoms with Crippen molar-refractivity contribution in [3.63, 3.8) is 0 Å². The number of nitrogens with zero attached hydrogens (tertiary/aromatic N) is 5. The van der Waals surface area contributed by atoms with Crippen LogP contribution in [0, 0.1) is 19.8 Å². The first kappa shape index (κ1) is 28.7. The van der Waals surface area contributed by atoms with Crippen LogP contribution in [0.2, 0.25) is 0 Å². The number of allylic oxidation sites excluding steroid dienone is 1. The van der Waals surface area contributed by atoms with Crippen molar-refractivity contribution in [1.29, 1.82) is 0 Å². The molecule has 1 N–H and O–H groups in total. The average Bonchev–Trinajstić information content (AvgIpc) is 3.22. The Morgan fingerprint density at radius 1 is 1.08 bits per heavy atom. The molecule has 39 heavy (non-hydrogen) atoms. The summed E-state index contributed by atoms with van der Waals surface area (Å²) < 4.78 is 1.86. The highest BCUT2D eigenvalue weighted by Gasteiger charge is 2.29. The van der Waals surface area contributed by atoms with Crippen LogP contribution in [0.5, 0.6) is 0 Å². The number of aryl methyl sites for hydroxylation is 1. The molecule has 0 spiro atoms. The molecule has 0 bridgehead atoms. The molecule has 0 saturated heterocycles. The molecule has 2 heterocycles. The van der Waals surface area contributed by atoms with Gasteiger partial charge in [0.2, 0.25) is 0 Å². The van der Waals surface area contributed by atoms with Gasteiger partial charge in [-0.3, -0.25) is 14.3 Å². The lowest BCUT2D eigenvalue weighted by Crippen LogP contribution is -2.42. The Balaban J connectivity index is 1.68. The van der Waals surface area contributed by atoms with Gasteiger partial charge in [0, 0.05) is 60.4 Å². The number of anilines is 1. The van der Waals surface area contributed by atoms with Gasteiger partial charge < -0.3 is 15.1 Å². The molecular formula is C31H44N6O2. The molecule has 4 rings (SSSR count). The zero-order valence-electron chi connectivity index (χ0n) is 24.8. The number of carbonyl (C=O) groups excluding carboxylic acids is 2. The fourth-order valence-electron chi connectivity index (χ4n) is 6.13. The third-order valence-electron chi connectivity index (χ3n) is 8.70. The van der Waals surface area contributed by atoms with E-state index in [4.69, 9.17) is 0 Å². The van der Waals surface area contributed by atoms with E-state index in [-0.39, 0.29) is 18.4 Å². The second kappa shape index (κ2) is 11.9. The fraction of sp³-hybridized carbons (Fsp3) is 0.548. The lowest BCUT2D eigenvalue weighted by Gasteiger charge is -2.40. The van der Waals surface area contributed by atoms with E-state index in [1.807, 2.05) is 57.8 Å². The van der Waals surface area contributed by atoms with Crippen molar-refractivity contribution in [2.24, 2.45) is 18.0 Å². The summed E-state index contributed by atoms with van der Waals surface area (Å²) in [6.07, 6.45) is 8.39. The quantitative estimate of drug-likeness (QED) is 0.533. The van der Waals surface area contributed by atoms with Crippen molar-refractivity contribution < 1.29 is 9.59 Å². The molecule has 8 nitrogen and oxygen atoms in total. The monoisotopic (exact) mass is 532 g/mol. The summed E-state index contributed by atoms with van der Waals surface area (Å²) in [5, 5.41) is 7.51. The lowest BCUT2D eigenvalue weighted by molar-refractivity contribution is -0.120.